The van der Waals surface area contributed by atoms with Crippen LogP contribution in [0.2, 0.25) is 0 Å². The Morgan fingerprint density at radius 3 is 1.27 bits per heavy atom. The second-order valence-corrected chi connectivity index (χ2v) is 23.1. The molecule has 11 rings (SSSR count). The molecular weight excluding hydrogens is 1070 g/mol. The van der Waals surface area contributed by atoms with E-state index in [0.29, 0.717) is 0 Å². The summed E-state index contributed by atoms with van der Waals surface area (Å²) in [6, 6.07) is 60.3. The van der Waals surface area contributed by atoms with Gasteiger partial charge in [-0.2, -0.15) is 0 Å². The number of aromatic amines is 1. The Labute approximate surface area is 515 Å². The van der Waals surface area contributed by atoms with Gasteiger partial charge in [-0.05, 0) is 275 Å². The van der Waals surface area contributed by atoms with Gasteiger partial charge in [-0.3, -0.25) is 0 Å². The van der Waals surface area contributed by atoms with E-state index in [0.717, 1.165) is 90.9 Å². The lowest BCUT2D eigenvalue weighted by molar-refractivity contribution is 1.19. The van der Waals surface area contributed by atoms with Gasteiger partial charge in [0, 0.05) is 69.4 Å². The molecule has 0 atom stereocenters. The second-order valence-electron chi connectivity index (χ2n) is 21.6. The van der Waals surface area contributed by atoms with Gasteiger partial charge >= 0.3 is 0 Å². The molecule has 9 aromatic rings. The highest BCUT2D eigenvalue weighted by atomic mass is 32.1. The highest BCUT2D eigenvalue weighted by molar-refractivity contribution is 7.11. The van der Waals surface area contributed by atoms with Crippen LogP contribution in [0.5, 0.6) is 0 Å². The number of rotatable bonds is 10. The molecule has 0 aliphatic heterocycles. The lowest BCUT2D eigenvalue weighted by Gasteiger charge is -2.13. The first kappa shape index (κ1) is 63.9. The van der Waals surface area contributed by atoms with Gasteiger partial charge in [0.15, 0.2) is 0 Å². The summed E-state index contributed by atoms with van der Waals surface area (Å²) in [6.07, 6.45) is 14.1. The summed E-state index contributed by atoms with van der Waals surface area (Å²) in [5, 5.41) is 13.2. The van der Waals surface area contributed by atoms with Crippen molar-refractivity contribution < 1.29 is 0 Å². The van der Waals surface area contributed by atoms with Crippen molar-refractivity contribution >= 4 is 91.1 Å². The molecule has 0 unspecified atom stereocenters. The van der Waals surface area contributed by atoms with E-state index in [1.807, 2.05) is 136 Å². The summed E-state index contributed by atoms with van der Waals surface area (Å²) >= 11 is 1.84. The van der Waals surface area contributed by atoms with Crippen LogP contribution in [0, 0.1) is 76.2 Å². The first-order valence-corrected chi connectivity index (χ1v) is 29.9. The molecule has 5 N–H and O–H groups in total. The Morgan fingerprint density at radius 1 is 0.337 bits per heavy atom. The van der Waals surface area contributed by atoms with Gasteiger partial charge in [-0.25, -0.2) is 20.0 Å². The van der Waals surface area contributed by atoms with Crippen molar-refractivity contribution in [2.24, 2.45) is 20.0 Å². The number of aliphatic imine (C=N–C) groups is 4. The molecule has 2 heterocycles. The third kappa shape index (κ3) is 20.9. The largest absolute Gasteiger partial charge is 0.388 e. The smallest absolute Gasteiger partial charge is 0.0667 e. The fourth-order valence-electron chi connectivity index (χ4n) is 8.94. The van der Waals surface area contributed by atoms with Crippen LogP contribution in [0.25, 0.3) is 0 Å². The molecule has 0 radical (unpaired) electrons. The second kappa shape index (κ2) is 31.9. The monoisotopic (exact) mass is 1150 g/mol. The summed E-state index contributed by atoms with van der Waals surface area (Å²) < 4.78 is 0. The lowest BCUT2D eigenvalue weighted by Crippen LogP contribution is -2.05. The third-order valence-electron chi connectivity index (χ3n) is 13.8. The molecule has 2 aliphatic carbocycles. The maximum atomic E-state index is 4.89. The molecule has 0 saturated heterocycles. The summed E-state index contributed by atoms with van der Waals surface area (Å²) in [7, 11) is 3.85. The number of anilines is 6. The predicted octanol–water partition coefficient (Wildman–Crippen LogP) is 21.1. The zero-order valence-electron chi connectivity index (χ0n) is 52.5. The number of hydrogen-bond acceptors (Lipinski definition) is 9. The minimum atomic E-state index is 0.904. The van der Waals surface area contributed by atoms with Crippen LogP contribution in [-0.2, 0) is 0 Å². The van der Waals surface area contributed by atoms with Crippen molar-refractivity contribution in [1.82, 2.24) is 4.98 Å². The molecule has 7 aromatic carbocycles. The van der Waals surface area contributed by atoms with Crippen molar-refractivity contribution in [2.75, 3.05) is 35.4 Å². The van der Waals surface area contributed by atoms with Gasteiger partial charge in [0.1, 0.15) is 0 Å². The average Bonchev–Trinajstić information content (AvgIpc) is 3.82. The van der Waals surface area contributed by atoms with E-state index in [1.54, 1.807) is 0 Å². The third-order valence-corrected chi connectivity index (χ3v) is 14.7. The summed E-state index contributed by atoms with van der Waals surface area (Å²) in [4.78, 5) is 25.0. The number of nitrogens with zero attached hydrogens (tertiary/aromatic N) is 4. The molecule has 0 bridgehead atoms. The van der Waals surface area contributed by atoms with E-state index in [4.69, 9.17) is 15.0 Å². The Balaban J connectivity index is 0.000000182. The fraction of sp³-hybridized carbons (Fsp3) is 0.184. The molecule has 0 spiro atoms. The average molecular weight is 1150 g/mol. The number of thiophene rings is 1. The van der Waals surface area contributed by atoms with Crippen LogP contribution >= 0.6 is 11.3 Å². The molecule has 2 aromatic heterocycles. The summed E-state index contributed by atoms with van der Waals surface area (Å²) in [6.45, 7) is 25.1. The Kier molecular flexibility index (Phi) is 23.7. The number of hydrogen-bond donors (Lipinski definition) is 5. The molecule has 10 heteroatoms. The van der Waals surface area contributed by atoms with Crippen molar-refractivity contribution in [3.8, 4) is 0 Å². The normalized spacial score (nSPS) is 12.9. The number of nitrogens with one attached hydrogen (secondary N) is 5. The number of allylic oxidation sites excluding steroid dienone is 8. The SMILES string of the molecule is CNc1ccc(Nc2ccc(N=C3C=CC(=Nc4ccc(C)cc4)C=C3)cc2)cc1.CNc1ccc(Nc2ccc(N=C3C=CC(=Nc4ccc(C)cc4C)C=C3C)cc2C)cc1C.Cc1ccc(C)[nH]1.Cc1ccc(C)cc1.Cc1ccc(C)s1. The fourth-order valence-corrected chi connectivity index (χ4v) is 9.72. The maximum Gasteiger partial charge on any atom is 0.0667 e. The maximum absolute atomic E-state index is 4.89. The van der Waals surface area contributed by atoms with E-state index in [2.05, 4.69) is 222 Å². The van der Waals surface area contributed by atoms with Crippen LogP contribution < -0.4 is 21.3 Å². The van der Waals surface area contributed by atoms with Gasteiger partial charge in [-0.15, -0.1) is 11.3 Å². The van der Waals surface area contributed by atoms with Crippen molar-refractivity contribution in [2.45, 2.75) is 83.1 Å². The number of benzene rings is 7. The lowest BCUT2D eigenvalue weighted by atomic mass is 10.0. The van der Waals surface area contributed by atoms with E-state index in [9.17, 15) is 0 Å². The molecule has 438 valence electrons. The van der Waals surface area contributed by atoms with Gasteiger partial charge in [0.25, 0.3) is 0 Å². The van der Waals surface area contributed by atoms with E-state index < -0.39 is 0 Å². The van der Waals surface area contributed by atoms with Gasteiger partial charge < -0.3 is 26.3 Å². The van der Waals surface area contributed by atoms with E-state index >= 15 is 0 Å². The Hall–Kier alpha value is -9.64. The van der Waals surface area contributed by atoms with Crippen LogP contribution in [0.15, 0.2) is 244 Å². The van der Waals surface area contributed by atoms with Gasteiger partial charge in [0.05, 0.1) is 45.6 Å². The van der Waals surface area contributed by atoms with Gasteiger partial charge in [-0.1, -0.05) is 70.8 Å². The van der Waals surface area contributed by atoms with Crippen LogP contribution in [0.4, 0.5) is 56.9 Å². The highest BCUT2D eigenvalue weighted by Gasteiger charge is 2.10. The number of aromatic nitrogens is 1. The number of aryl methyl sites for hydroxylation is 11. The van der Waals surface area contributed by atoms with E-state index in [-0.39, 0.29) is 0 Å². The predicted molar refractivity (Wildman–Crippen MR) is 378 cm³/mol. The molecule has 86 heavy (non-hydrogen) atoms. The topological polar surface area (TPSA) is 113 Å². The first-order chi connectivity index (χ1) is 41.4. The van der Waals surface area contributed by atoms with Crippen molar-refractivity contribution in [3.05, 3.63) is 284 Å². The summed E-state index contributed by atoms with van der Waals surface area (Å²) in [5.41, 5.74) is 26.2. The quantitative estimate of drug-likeness (QED) is 0.0878. The van der Waals surface area contributed by atoms with E-state index in [1.165, 1.54) is 54.5 Å². The van der Waals surface area contributed by atoms with Crippen LogP contribution in [0.3, 0.4) is 0 Å². The Morgan fingerprint density at radius 2 is 0.802 bits per heavy atom. The minimum absolute atomic E-state index is 0.904. The zero-order chi connectivity index (χ0) is 61.5. The van der Waals surface area contributed by atoms with Crippen LogP contribution in [0.1, 0.15) is 67.0 Å². The molecule has 0 amide bonds. The zero-order valence-corrected chi connectivity index (χ0v) is 53.3. The van der Waals surface area contributed by atoms with Gasteiger partial charge in [0.2, 0.25) is 0 Å². The van der Waals surface area contributed by atoms with Crippen molar-refractivity contribution in [3.63, 3.8) is 0 Å². The number of H-pyrrole nitrogens is 1. The molecule has 2 aliphatic rings. The van der Waals surface area contributed by atoms with Crippen LogP contribution in [-0.4, -0.2) is 41.9 Å². The molecule has 0 fully saturated rings. The van der Waals surface area contributed by atoms with Crippen molar-refractivity contribution in [1.29, 1.82) is 0 Å². The molecule has 9 nitrogen and oxygen atoms in total. The summed E-state index contributed by atoms with van der Waals surface area (Å²) in [5.74, 6) is 0. The first-order valence-electron chi connectivity index (χ1n) is 29.1. The highest BCUT2D eigenvalue weighted by Crippen LogP contribution is 2.29. The Bertz CT molecular complexity index is 3830. The molecule has 0 saturated carbocycles. The minimum Gasteiger partial charge on any atom is -0.388 e. The molecular formula is C76H83N9S. The standard InChI is InChI=1S/C30H32N4.C26H24N4.C8H10.C6H9N.C6H8S/c1-19-7-11-28(20(2)15-19)32-25-9-13-30(22(4)17-25)34-26-10-14-29(23(5)18-26)33-24-8-12-27(31-6)21(3)16-24;1-19-3-5-21(6-4-19)28-23-11-13-25(14-12-23)30-26-17-15-24(16-18-26)29-22-9-7-20(27-2)8-10-22;1-7-3-5-8(2)6-4-7;2*1-5-3-4-6(2)7-5/h7-18,31,33H,1-6H3;3-18,27,29H,1-2H3;3-6H,1-2H3;3-4,7H,1-2H3;3-4H,1-2H3.